The normalized spacial score (nSPS) is 15.2. The van der Waals surface area contributed by atoms with Gasteiger partial charge in [0.15, 0.2) is 11.6 Å². The SMILES string of the molecule is Nc1nc2cc(C(=O)N(Cc3ccc(-c4c(F)cncc4F)cn3)CC3CCC3)[nH]c2c2c1COC2. The number of rotatable bonds is 6. The number of carbonyl (C=O) groups is 1. The largest absolute Gasteiger partial charge is 0.383 e. The summed E-state index contributed by atoms with van der Waals surface area (Å²) in [6, 6.07) is 5.02. The van der Waals surface area contributed by atoms with Crippen molar-refractivity contribution >= 4 is 22.8 Å². The molecule has 4 aromatic rings. The van der Waals surface area contributed by atoms with Gasteiger partial charge in [-0.2, -0.15) is 0 Å². The predicted molar refractivity (Wildman–Crippen MR) is 128 cm³/mol. The van der Waals surface area contributed by atoms with Crippen LogP contribution in [0.3, 0.4) is 0 Å². The second kappa shape index (κ2) is 8.94. The van der Waals surface area contributed by atoms with Gasteiger partial charge in [-0.3, -0.25) is 14.8 Å². The van der Waals surface area contributed by atoms with Crippen LogP contribution in [0.4, 0.5) is 14.6 Å². The van der Waals surface area contributed by atoms with Crippen LogP contribution in [0.15, 0.2) is 36.8 Å². The molecule has 1 amide bonds. The van der Waals surface area contributed by atoms with Crippen molar-refractivity contribution in [2.45, 2.75) is 39.0 Å². The number of aromatic nitrogens is 4. The molecular formula is C26H24F2N6O2. The zero-order valence-corrected chi connectivity index (χ0v) is 19.4. The molecule has 5 heterocycles. The quantitative estimate of drug-likeness (QED) is 0.416. The molecule has 6 rings (SSSR count). The molecule has 4 aromatic heterocycles. The topological polar surface area (TPSA) is 110 Å². The number of nitrogens with zero attached hydrogens (tertiary/aromatic N) is 4. The predicted octanol–water partition coefficient (Wildman–Crippen LogP) is 4.35. The molecule has 0 spiro atoms. The van der Waals surface area contributed by atoms with Crippen molar-refractivity contribution in [1.82, 2.24) is 24.8 Å². The number of nitrogen functional groups attached to an aromatic ring is 1. The Morgan fingerprint density at radius 1 is 1.14 bits per heavy atom. The standard InChI is InChI=1S/C26H24F2N6O2/c27-19-8-30-9-20(28)23(19)15-4-5-16(31-7-15)11-34(10-14-2-1-3-14)26(35)22-6-21-24(32-22)17-12-36-13-18(17)25(29)33-21/h4-9,14,32H,1-3,10-13H2,(H2,29,33). The summed E-state index contributed by atoms with van der Waals surface area (Å²) >= 11 is 0. The van der Waals surface area contributed by atoms with Crippen molar-refractivity contribution < 1.29 is 18.3 Å². The number of halogens is 2. The number of nitrogens with one attached hydrogen (secondary N) is 1. The summed E-state index contributed by atoms with van der Waals surface area (Å²) in [5.41, 5.74) is 10.5. The van der Waals surface area contributed by atoms with Crippen LogP contribution in [0.25, 0.3) is 22.2 Å². The third-order valence-electron chi connectivity index (χ3n) is 7.05. The van der Waals surface area contributed by atoms with Gasteiger partial charge in [-0.15, -0.1) is 0 Å². The molecular weight excluding hydrogens is 466 g/mol. The van der Waals surface area contributed by atoms with Crippen LogP contribution in [0.2, 0.25) is 0 Å². The molecule has 0 unspecified atom stereocenters. The fraction of sp³-hybridized carbons (Fsp3) is 0.308. The van der Waals surface area contributed by atoms with E-state index in [1.165, 1.54) is 6.20 Å². The zero-order valence-electron chi connectivity index (χ0n) is 19.4. The first-order valence-electron chi connectivity index (χ1n) is 11.9. The second-order valence-electron chi connectivity index (χ2n) is 9.39. The molecule has 1 saturated carbocycles. The van der Waals surface area contributed by atoms with Gasteiger partial charge in [-0.05, 0) is 30.9 Å². The van der Waals surface area contributed by atoms with Crippen LogP contribution in [0.1, 0.15) is 46.6 Å². The van der Waals surface area contributed by atoms with Crippen LogP contribution < -0.4 is 5.73 Å². The minimum atomic E-state index is -0.753. The number of aromatic amines is 1. The Morgan fingerprint density at radius 3 is 2.61 bits per heavy atom. The van der Waals surface area contributed by atoms with Crippen molar-refractivity contribution in [1.29, 1.82) is 0 Å². The average molecular weight is 491 g/mol. The molecule has 1 aliphatic carbocycles. The maximum Gasteiger partial charge on any atom is 0.270 e. The van der Waals surface area contributed by atoms with E-state index in [-0.39, 0.29) is 18.0 Å². The number of H-pyrrole nitrogens is 1. The molecule has 0 bridgehead atoms. The first kappa shape index (κ1) is 22.5. The Hall–Kier alpha value is -3.92. The van der Waals surface area contributed by atoms with Gasteiger partial charge < -0.3 is 20.4 Å². The summed E-state index contributed by atoms with van der Waals surface area (Å²) in [5, 5.41) is 0. The van der Waals surface area contributed by atoms with E-state index in [0.29, 0.717) is 54.0 Å². The fourth-order valence-electron chi connectivity index (χ4n) is 4.88. The first-order valence-corrected chi connectivity index (χ1v) is 11.9. The first-order chi connectivity index (χ1) is 17.5. The van der Waals surface area contributed by atoms with E-state index in [9.17, 15) is 13.6 Å². The minimum Gasteiger partial charge on any atom is -0.383 e. The number of hydrogen-bond acceptors (Lipinski definition) is 6. The molecule has 2 aliphatic rings. The fourth-order valence-corrected chi connectivity index (χ4v) is 4.88. The van der Waals surface area contributed by atoms with Gasteiger partial charge in [0.2, 0.25) is 0 Å². The van der Waals surface area contributed by atoms with Gasteiger partial charge in [-0.25, -0.2) is 13.8 Å². The molecule has 36 heavy (non-hydrogen) atoms. The highest BCUT2D eigenvalue weighted by molar-refractivity contribution is 5.98. The lowest BCUT2D eigenvalue weighted by atomic mass is 9.85. The summed E-state index contributed by atoms with van der Waals surface area (Å²) in [6.45, 7) is 1.70. The van der Waals surface area contributed by atoms with Gasteiger partial charge in [0.1, 0.15) is 11.5 Å². The molecule has 3 N–H and O–H groups in total. The zero-order chi connectivity index (χ0) is 24.8. The van der Waals surface area contributed by atoms with Crippen LogP contribution in [-0.2, 0) is 24.5 Å². The van der Waals surface area contributed by atoms with Gasteiger partial charge in [0.25, 0.3) is 5.91 Å². The molecule has 0 atom stereocenters. The van der Waals surface area contributed by atoms with Crippen molar-refractivity contribution in [3.8, 4) is 11.1 Å². The van der Waals surface area contributed by atoms with Gasteiger partial charge in [0, 0.05) is 29.4 Å². The second-order valence-corrected chi connectivity index (χ2v) is 9.39. The Morgan fingerprint density at radius 2 is 1.92 bits per heavy atom. The van der Waals surface area contributed by atoms with E-state index in [1.807, 2.05) is 0 Å². The number of anilines is 1. The Bertz CT molecular complexity index is 1450. The van der Waals surface area contributed by atoms with Gasteiger partial charge in [0.05, 0.1) is 54.4 Å². The maximum absolute atomic E-state index is 14.1. The van der Waals surface area contributed by atoms with Crippen LogP contribution in [0, 0.1) is 17.6 Å². The molecule has 0 aromatic carbocycles. The molecule has 1 aliphatic heterocycles. The van der Waals surface area contributed by atoms with Crippen molar-refractivity contribution in [3.05, 3.63) is 70.9 Å². The van der Waals surface area contributed by atoms with E-state index in [2.05, 4.69) is 19.9 Å². The van der Waals surface area contributed by atoms with E-state index < -0.39 is 11.6 Å². The van der Waals surface area contributed by atoms with E-state index in [0.717, 1.165) is 48.3 Å². The number of fused-ring (bicyclic) bond motifs is 3. The molecule has 0 saturated heterocycles. The number of pyridine rings is 3. The highest BCUT2D eigenvalue weighted by atomic mass is 19.1. The van der Waals surface area contributed by atoms with Crippen molar-refractivity contribution in [2.24, 2.45) is 5.92 Å². The summed E-state index contributed by atoms with van der Waals surface area (Å²) < 4.78 is 33.8. The smallest absolute Gasteiger partial charge is 0.270 e. The van der Waals surface area contributed by atoms with E-state index >= 15 is 0 Å². The van der Waals surface area contributed by atoms with Gasteiger partial charge >= 0.3 is 0 Å². The number of ether oxygens (including phenoxy) is 1. The van der Waals surface area contributed by atoms with Crippen LogP contribution in [-0.4, -0.2) is 37.3 Å². The van der Waals surface area contributed by atoms with E-state index in [4.69, 9.17) is 10.5 Å². The van der Waals surface area contributed by atoms with Gasteiger partial charge in [-0.1, -0.05) is 12.5 Å². The Kier molecular flexibility index (Phi) is 5.60. The molecule has 184 valence electrons. The lowest BCUT2D eigenvalue weighted by Gasteiger charge is -2.32. The van der Waals surface area contributed by atoms with Crippen LogP contribution in [0.5, 0.6) is 0 Å². The molecule has 1 fully saturated rings. The van der Waals surface area contributed by atoms with Crippen molar-refractivity contribution in [3.63, 3.8) is 0 Å². The number of carbonyl (C=O) groups excluding carboxylic acids is 1. The average Bonchev–Trinajstić information content (AvgIpc) is 3.48. The summed E-state index contributed by atoms with van der Waals surface area (Å²) in [7, 11) is 0. The summed E-state index contributed by atoms with van der Waals surface area (Å²) in [4.78, 5) is 31.0. The lowest BCUT2D eigenvalue weighted by Crippen LogP contribution is -2.37. The summed E-state index contributed by atoms with van der Waals surface area (Å²) in [5.74, 6) is -0.814. The number of hydrogen-bond donors (Lipinski definition) is 2. The highest BCUT2D eigenvalue weighted by Crippen LogP contribution is 2.32. The Labute approximate surface area is 205 Å². The third kappa shape index (κ3) is 3.97. The minimum absolute atomic E-state index is 0.164. The number of amides is 1. The van der Waals surface area contributed by atoms with Crippen molar-refractivity contribution in [2.75, 3.05) is 12.3 Å². The maximum atomic E-state index is 14.1. The third-order valence-corrected chi connectivity index (χ3v) is 7.05. The van der Waals surface area contributed by atoms with E-state index in [1.54, 1.807) is 23.1 Å². The Balaban J connectivity index is 1.28. The molecule has 10 heteroatoms. The lowest BCUT2D eigenvalue weighted by molar-refractivity contribution is 0.0672. The highest BCUT2D eigenvalue weighted by Gasteiger charge is 2.27. The summed E-state index contributed by atoms with van der Waals surface area (Å²) in [6.07, 6.45) is 6.66. The molecule has 0 radical (unpaired) electrons. The van der Waals surface area contributed by atoms with Crippen LogP contribution >= 0.6 is 0 Å². The number of nitrogens with two attached hydrogens (primary N) is 1. The monoisotopic (exact) mass is 490 g/mol. The molecule has 8 nitrogen and oxygen atoms in total.